The van der Waals surface area contributed by atoms with Crippen LogP contribution in [0.15, 0.2) is 76.4 Å². The van der Waals surface area contributed by atoms with Crippen molar-refractivity contribution in [1.29, 1.82) is 0 Å². The summed E-state index contributed by atoms with van der Waals surface area (Å²) in [6.45, 7) is -0.110. The molecule has 5 aromatic rings. The highest BCUT2D eigenvalue weighted by molar-refractivity contribution is 7.89. The lowest BCUT2D eigenvalue weighted by Crippen LogP contribution is -2.32. The van der Waals surface area contributed by atoms with Crippen molar-refractivity contribution in [3.63, 3.8) is 0 Å². The molecule has 0 aliphatic heterocycles. The largest absolute Gasteiger partial charge is 0.497 e. The lowest BCUT2D eigenvalue weighted by Gasteiger charge is -2.22. The first kappa shape index (κ1) is 23.9. The number of pyridine rings is 1. The molecule has 11 heteroatoms. The van der Waals surface area contributed by atoms with Crippen LogP contribution in [-0.2, 0) is 23.1 Å². The van der Waals surface area contributed by atoms with Gasteiger partial charge in [0, 0.05) is 29.6 Å². The number of ether oxygens (including phenoxy) is 2. The van der Waals surface area contributed by atoms with Crippen LogP contribution in [0.3, 0.4) is 0 Å². The van der Waals surface area contributed by atoms with Crippen molar-refractivity contribution in [3.05, 3.63) is 88.2 Å². The summed E-state index contributed by atoms with van der Waals surface area (Å²) in [5, 5.41) is 0.733. The third-order valence-electron chi connectivity index (χ3n) is 5.86. The average molecular weight is 523 g/mol. The van der Waals surface area contributed by atoms with Crippen LogP contribution in [0.2, 0.25) is 0 Å². The summed E-state index contributed by atoms with van der Waals surface area (Å²) in [5.41, 5.74) is 2.11. The molecule has 0 aliphatic rings. The maximum Gasteiger partial charge on any atom is 0.252 e. The fraction of sp³-hybridized carbons (Fsp3) is 0.160. The molecule has 0 radical (unpaired) electrons. The van der Waals surface area contributed by atoms with Gasteiger partial charge in [-0.2, -0.15) is 13.1 Å². The minimum absolute atomic E-state index is 0.0376. The quantitative estimate of drug-likeness (QED) is 0.328. The number of fused-ring (bicyclic) bond motifs is 2. The number of methoxy groups -OCH3 is 2. The van der Waals surface area contributed by atoms with Gasteiger partial charge in [0.15, 0.2) is 0 Å². The predicted molar refractivity (Wildman–Crippen MR) is 138 cm³/mol. The summed E-state index contributed by atoms with van der Waals surface area (Å²) in [6.07, 6.45) is 0. The number of rotatable bonds is 8. The zero-order chi connectivity index (χ0) is 25.3. The number of hydrogen-bond acceptors (Lipinski definition) is 8. The molecule has 0 saturated heterocycles. The first-order chi connectivity index (χ1) is 17.4. The number of nitrogens with one attached hydrogen (secondary N) is 1. The fourth-order valence-electron chi connectivity index (χ4n) is 3.95. The first-order valence-corrected chi connectivity index (χ1v) is 13.1. The Morgan fingerprint density at radius 3 is 2.42 bits per heavy atom. The fourth-order valence-corrected chi connectivity index (χ4v) is 6.11. The van der Waals surface area contributed by atoms with Crippen LogP contribution in [0.1, 0.15) is 11.1 Å². The highest BCUT2D eigenvalue weighted by atomic mass is 32.2. The number of nitrogens with zero attached hydrogens (tertiary/aromatic N) is 3. The van der Waals surface area contributed by atoms with Gasteiger partial charge in [0.1, 0.15) is 27.4 Å². The van der Waals surface area contributed by atoms with E-state index in [0.717, 1.165) is 22.7 Å². The van der Waals surface area contributed by atoms with Crippen molar-refractivity contribution >= 4 is 43.7 Å². The van der Waals surface area contributed by atoms with E-state index in [0.29, 0.717) is 33.6 Å². The molecule has 2 heterocycles. The standard InChI is InChI=1S/C25H22N4O5S2/c1-33-19-8-6-16(7-9-19)14-29(36(31,32)23-5-3-4-22-24(23)28-35-27-22)15-18-12-17-13-20(34-2)10-11-21(17)26-25(18)30/h3-13H,14-15H2,1-2H3,(H,26,30). The Morgan fingerprint density at radius 1 is 0.917 bits per heavy atom. The van der Waals surface area contributed by atoms with Gasteiger partial charge in [-0.05, 0) is 54.1 Å². The average Bonchev–Trinajstić information content (AvgIpc) is 3.38. The number of aromatic nitrogens is 3. The molecular weight excluding hydrogens is 500 g/mol. The summed E-state index contributed by atoms with van der Waals surface area (Å²) in [4.78, 5) is 15.8. The number of sulfonamides is 1. The summed E-state index contributed by atoms with van der Waals surface area (Å²) in [6, 6.07) is 19.0. The molecule has 5 rings (SSSR count). The summed E-state index contributed by atoms with van der Waals surface area (Å²) >= 11 is 0.951. The molecule has 0 fully saturated rings. The van der Waals surface area contributed by atoms with E-state index >= 15 is 0 Å². The van der Waals surface area contributed by atoms with E-state index in [9.17, 15) is 13.2 Å². The molecular formula is C25H22N4O5S2. The topological polar surface area (TPSA) is 114 Å². The van der Waals surface area contributed by atoms with Crippen molar-refractivity contribution < 1.29 is 17.9 Å². The smallest absolute Gasteiger partial charge is 0.252 e. The van der Waals surface area contributed by atoms with Gasteiger partial charge in [0.25, 0.3) is 5.56 Å². The Hall–Kier alpha value is -3.80. The van der Waals surface area contributed by atoms with Gasteiger partial charge in [0.05, 0.1) is 25.9 Å². The Labute approximate surface area is 211 Å². The van der Waals surface area contributed by atoms with Gasteiger partial charge in [-0.15, -0.1) is 0 Å². The molecule has 0 atom stereocenters. The number of benzene rings is 3. The third kappa shape index (κ3) is 4.55. The highest BCUT2D eigenvalue weighted by Gasteiger charge is 2.29. The van der Waals surface area contributed by atoms with E-state index in [1.807, 2.05) is 0 Å². The number of aromatic amines is 1. The lowest BCUT2D eigenvalue weighted by atomic mass is 10.1. The van der Waals surface area contributed by atoms with Crippen LogP contribution in [-0.4, -0.2) is 40.7 Å². The Kier molecular flexibility index (Phi) is 6.44. The minimum Gasteiger partial charge on any atom is -0.497 e. The molecule has 0 bridgehead atoms. The minimum atomic E-state index is -4.06. The second-order valence-electron chi connectivity index (χ2n) is 8.09. The third-order valence-corrected chi connectivity index (χ3v) is 8.23. The van der Waals surface area contributed by atoms with Gasteiger partial charge >= 0.3 is 0 Å². The molecule has 1 N–H and O–H groups in total. The second kappa shape index (κ2) is 9.69. The van der Waals surface area contributed by atoms with Crippen LogP contribution in [0, 0.1) is 0 Å². The zero-order valence-corrected chi connectivity index (χ0v) is 21.1. The predicted octanol–water partition coefficient (Wildman–Crippen LogP) is 3.94. The molecule has 184 valence electrons. The van der Waals surface area contributed by atoms with Crippen molar-refractivity contribution in [1.82, 2.24) is 18.0 Å². The zero-order valence-electron chi connectivity index (χ0n) is 19.5. The molecule has 0 unspecified atom stereocenters. The monoisotopic (exact) mass is 522 g/mol. The summed E-state index contributed by atoms with van der Waals surface area (Å²) < 4.78 is 48.1. The van der Waals surface area contributed by atoms with Crippen LogP contribution in [0.25, 0.3) is 21.9 Å². The van der Waals surface area contributed by atoms with Gasteiger partial charge in [-0.1, -0.05) is 18.2 Å². The number of H-pyrrole nitrogens is 1. The molecule has 0 spiro atoms. The van der Waals surface area contributed by atoms with Crippen LogP contribution >= 0.6 is 11.7 Å². The SMILES string of the molecule is COc1ccc(CN(Cc2cc3cc(OC)ccc3[nH]c2=O)S(=O)(=O)c2cccc3nsnc23)cc1. The molecule has 0 saturated carbocycles. The van der Waals surface area contributed by atoms with E-state index in [-0.39, 0.29) is 23.5 Å². The second-order valence-corrected chi connectivity index (χ2v) is 10.5. The van der Waals surface area contributed by atoms with Crippen LogP contribution < -0.4 is 15.0 Å². The Balaban J connectivity index is 1.60. The van der Waals surface area contributed by atoms with Crippen molar-refractivity contribution in [2.75, 3.05) is 14.2 Å². The molecule has 2 aromatic heterocycles. The maximum absolute atomic E-state index is 14.0. The van der Waals surface area contributed by atoms with E-state index in [1.165, 1.54) is 10.4 Å². The first-order valence-electron chi connectivity index (χ1n) is 10.9. The molecule has 9 nitrogen and oxygen atoms in total. The Bertz CT molecular complexity index is 1710. The van der Waals surface area contributed by atoms with Gasteiger partial charge < -0.3 is 14.5 Å². The van der Waals surface area contributed by atoms with E-state index in [1.54, 1.807) is 74.9 Å². The summed E-state index contributed by atoms with van der Waals surface area (Å²) in [7, 11) is -0.939. The highest BCUT2D eigenvalue weighted by Crippen LogP contribution is 2.28. The van der Waals surface area contributed by atoms with Gasteiger partial charge in [-0.3, -0.25) is 4.79 Å². The van der Waals surface area contributed by atoms with Gasteiger partial charge in [0.2, 0.25) is 10.0 Å². The number of hydrogen-bond donors (Lipinski definition) is 1. The normalized spacial score (nSPS) is 11.9. The molecule has 0 aliphatic carbocycles. The van der Waals surface area contributed by atoms with Crippen molar-refractivity contribution in [2.45, 2.75) is 18.0 Å². The maximum atomic E-state index is 14.0. The molecule has 3 aromatic carbocycles. The lowest BCUT2D eigenvalue weighted by molar-refractivity contribution is 0.398. The molecule has 0 amide bonds. The Morgan fingerprint density at radius 2 is 1.67 bits per heavy atom. The molecule has 36 heavy (non-hydrogen) atoms. The van der Waals surface area contributed by atoms with Crippen LogP contribution in [0.5, 0.6) is 11.5 Å². The summed E-state index contributed by atoms with van der Waals surface area (Å²) in [5.74, 6) is 1.29. The van der Waals surface area contributed by atoms with Crippen molar-refractivity contribution in [3.8, 4) is 11.5 Å². The van der Waals surface area contributed by atoms with Crippen LogP contribution in [0.4, 0.5) is 0 Å². The van der Waals surface area contributed by atoms with E-state index in [2.05, 4.69) is 13.7 Å². The van der Waals surface area contributed by atoms with E-state index in [4.69, 9.17) is 9.47 Å². The van der Waals surface area contributed by atoms with E-state index < -0.39 is 10.0 Å². The van der Waals surface area contributed by atoms with Crippen molar-refractivity contribution in [2.24, 2.45) is 0 Å². The van der Waals surface area contributed by atoms with Gasteiger partial charge in [-0.25, -0.2) is 8.42 Å².